The number of nitrogens with one attached hydrogen (secondary N) is 1. The molecule has 0 spiro atoms. The number of ether oxygens (including phenoxy) is 3. The zero-order valence-corrected chi connectivity index (χ0v) is 57.0. The Bertz CT molecular complexity index is 1870. The number of hydrogen-bond donors (Lipinski definition) is 6. The highest BCUT2D eigenvalue weighted by molar-refractivity contribution is 5.80. The molecular formula is C78H135NO10. The van der Waals surface area contributed by atoms with Crippen LogP contribution < -0.4 is 5.32 Å². The summed E-state index contributed by atoms with van der Waals surface area (Å²) in [4.78, 5) is 26.7. The number of carbonyl (C=O) groups excluding carboxylic acids is 2. The van der Waals surface area contributed by atoms with Crippen LogP contribution in [0.2, 0.25) is 0 Å². The van der Waals surface area contributed by atoms with Crippen LogP contribution in [0.4, 0.5) is 0 Å². The molecule has 1 aliphatic heterocycles. The number of amides is 1. The third kappa shape index (κ3) is 51.5. The lowest BCUT2D eigenvalue weighted by atomic mass is 9.99. The van der Waals surface area contributed by atoms with Gasteiger partial charge in [-0.1, -0.05) is 304 Å². The Morgan fingerprint density at radius 2 is 0.809 bits per heavy atom. The van der Waals surface area contributed by atoms with E-state index < -0.39 is 67.4 Å². The van der Waals surface area contributed by atoms with Gasteiger partial charge in [0.15, 0.2) is 12.4 Å². The van der Waals surface area contributed by atoms with Gasteiger partial charge in [0.2, 0.25) is 5.91 Å². The van der Waals surface area contributed by atoms with Gasteiger partial charge in [0.05, 0.1) is 25.4 Å². The zero-order chi connectivity index (χ0) is 64.6. The lowest BCUT2D eigenvalue weighted by molar-refractivity contribution is -0.305. The summed E-state index contributed by atoms with van der Waals surface area (Å²) in [6.45, 7) is 5.66. The Kier molecular flexibility index (Phi) is 60.3. The molecule has 1 heterocycles. The van der Waals surface area contributed by atoms with Crippen LogP contribution in [0.25, 0.3) is 0 Å². The van der Waals surface area contributed by atoms with E-state index in [0.29, 0.717) is 12.8 Å². The van der Waals surface area contributed by atoms with Gasteiger partial charge in [0, 0.05) is 6.42 Å². The highest BCUT2D eigenvalue weighted by Gasteiger charge is 2.47. The fourth-order valence-corrected chi connectivity index (χ4v) is 10.9. The monoisotopic (exact) mass is 1250 g/mol. The average molecular weight is 1250 g/mol. The van der Waals surface area contributed by atoms with Crippen molar-refractivity contribution in [3.8, 4) is 0 Å². The number of aliphatic hydroxyl groups excluding tert-OH is 5. The van der Waals surface area contributed by atoms with Gasteiger partial charge >= 0.3 is 5.97 Å². The first kappa shape index (κ1) is 83.3. The van der Waals surface area contributed by atoms with E-state index in [1.807, 2.05) is 6.08 Å². The molecule has 6 N–H and O–H groups in total. The van der Waals surface area contributed by atoms with Gasteiger partial charge in [-0.15, -0.1) is 0 Å². The van der Waals surface area contributed by atoms with Crippen molar-refractivity contribution in [1.29, 1.82) is 0 Å². The summed E-state index contributed by atoms with van der Waals surface area (Å²) < 4.78 is 17.7. The zero-order valence-electron chi connectivity index (χ0n) is 57.0. The van der Waals surface area contributed by atoms with Gasteiger partial charge in [0.25, 0.3) is 0 Å². The third-order valence-corrected chi connectivity index (χ3v) is 16.7. The molecule has 1 amide bonds. The molecule has 8 atom stereocenters. The van der Waals surface area contributed by atoms with Crippen molar-refractivity contribution < 1.29 is 49.3 Å². The van der Waals surface area contributed by atoms with Crippen molar-refractivity contribution in [3.05, 3.63) is 109 Å². The Morgan fingerprint density at radius 3 is 1.24 bits per heavy atom. The van der Waals surface area contributed by atoms with Gasteiger partial charge in [0.1, 0.15) is 24.4 Å². The second kappa shape index (κ2) is 64.4. The van der Waals surface area contributed by atoms with Gasteiger partial charge < -0.3 is 45.1 Å². The van der Waals surface area contributed by atoms with Crippen LogP contribution in [0, 0.1) is 0 Å². The Labute approximate surface area is 545 Å². The number of unbranched alkanes of at least 4 members (excludes halogenated alkanes) is 32. The van der Waals surface area contributed by atoms with E-state index in [1.54, 1.807) is 6.08 Å². The molecule has 0 aromatic heterocycles. The lowest BCUT2D eigenvalue weighted by Crippen LogP contribution is -2.61. The highest BCUT2D eigenvalue weighted by atomic mass is 16.7. The summed E-state index contributed by atoms with van der Waals surface area (Å²) in [5.74, 6) is -1.22. The fourth-order valence-electron chi connectivity index (χ4n) is 10.9. The van der Waals surface area contributed by atoms with Crippen LogP contribution in [0.1, 0.15) is 310 Å². The van der Waals surface area contributed by atoms with E-state index in [9.17, 15) is 35.1 Å². The second-order valence-electron chi connectivity index (χ2n) is 24.9. The molecule has 0 radical (unpaired) electrons. The number of esters is 1. The molecule has 1 rings (SSSR count). The lowest BCUT2D eigenvalue weighted by Gasteiger charge is -2.41. The van der Waals surface area contributed by atoms with Crippen molar-refractivity contribution in [2.75, 3.05) is 13.2 Å². The molecule has 11 heteroatoms. The molecule has 11 nitrogen and oxygen atoms in total. The minimum atomic E-state index is -1.63. The van der Waals surface area contributed by atoms with Gasteiger partial charge in [-0.2, -0.15) is 0 Å². The van der Waals surface area contributed by atoms with E-state index in [-0.39, 0.29) is 19.4 Å². The first-order valence-corrected chi connectivity index (χ1v) is 36.7. The fraction of sp³-hybridized carbons (Fsp3) is 0.744. The predicted octanol–water partition coefficient (Wildman–Crippen LogP) is 19.2. The average Bonchev–Trinajstić information content (AvgIpc) is 1.97. The SMILES string of the molecule is CC/C=C\C/C=C\C/C=C\C/C=C\C/C=C\C/C=C\CCCCCCC(=O)OC1C(OCC(NC(=O)C(O)CCCCCCCCCCCCCCCCCC/C=C\C/C=C\CCCCC)C(O)/C=C/CCCCCCCCCCC)OC(CO)C(O)C1O. The Hall–Kier alpha value is -3.68. The summed E-state index contributed by atoms with van der Waals surface area (Å²) in [5.41, 5.74) is 0. The number of rotatable bonds is 62. The van der Waals surface area contributed by atoms with Crippen LogP contribution in [-0.4, -0.2) is 99.6 Å². The second-order valence-corrected chi connectivity index (χ2v) is 24.9. The molecule has 0 aliphatic carbocycles. The molecule has 512 valence electrons. The molecule has 1 aliphatic rings. The third-order valence-electron chi connectivity index (χ3n) is 16.7. The first-order chi connectivity index (χ1) is 43.7. The van der Waals surface area contributed by atoms with Gasteiger partial charge in [-0.25, -0.2) is 0 Å². The molecule has 89 heavy (non-hydrogen) atoms. The number of aliphatic hydroxyl groups is 5. The summed E-state index contributed by atoms with van der Waals surface area (Å²) in [5, 5.41) is 57.3. The minimum absolute atomic E-state index is 0.0894. The minimum Gasteiger partial charge on any atom is -0.454 e. The molecule has 0 bridgehead atoms. The van der Waals surface area contributed by atoms with Gasteiger partial charge in [-0.05, 0) is 109 Å². The summed E-state index contributed by atoms with van der Waals surface area (Å²) in [6, 6.07) is -1.04. The largest absolute Gasteiger partial charge is 0.454 e. The Balaban J connectivity index is 2.55. The molecule has 0 aromatic rings. The molecule has 8 unspecified atom stereocenters. The summed E-state index contributed by atoms with van der Waals surface area (Å²) in [7, 11) is 0. The molecule has 0 aromatic carbocycles. The van der Waals surface area contributed by atoms with Crippen LogP contribution in [0.3, 0.4) is 0 Å². The Morgan fingerprint density at radius 1 is 0.449 bits per heavy atom. The standard InChI is InChI=1S/C78H135NO10/c1-4-7-10-13-16-19-22-24-26-28-30-32-34-35-36-38-39-41-43-45-47-50-53-56-59-62-65-71(82)77(86)79-69(70(81)64-61-58-55-52-49-21-18-15-12-9-6-3)68-87-78-76(75(85)74(84)72(67-80)88-78)89-73(83)66-63-60-57-54-51-48-46-44-42-40-37-33-31-29-27-25-23-20-17-14-11-8-5-2/h8,11,16-17,19-20,24-27,31,33,40,42,46,48,61,64,69-72,74-76,78,80-82,84-85H,4-7,9-10,12-15,18,21-23,28-30,32,34-39,41,43-45,47,49-60,62-63,65-68H2,1-3H3,(H,79,86)/b11-8-,19-16-,20-17-,26-24-,27-25-,33-31-,42-40-,48-46-,64-61+. The van der Waals surface area contributed by atoms with Crippen molar-refractivity contribution >= 4 is 11.9 Å². The van der Waals surface area contributed by atoms with E-state index in [0.717, 1.165) is 109 Å². The van der Waals surface area contributed by atoms with E-state index in [2.05, 4.69) is 123 Å². The quantitative estimate of drug-likeness (QED) is 0.0195. The van der Waals surface area contributed by atoms with Crippen LogP contribution in [0.5, 0.6) is 0 Å². The smallest absolute Gasteiger partial charge is 0.306 e. The summed E-state index contributed by atoms with van der Waals surface area (Å²) in [6.07, 6.45) is 78.5. The first-order valence-electron chi connectivity index (χ1n) is 36.7. The van der Waals surface area contributed by atoms with Crippen LogP contribution >= 0.6 is 0 Å². The van der Waals surface area contributed by atoms with E-state index in [1.165, 1.54) is 154 Å². The van der Waals surface area contributed by atoms with E-state index >= 15 is 0 Å². The van der Waals surface area contributed by atoms with Crippen molar-refractivity contribution in [3.63, 3.8) is 0 Å². The van der Waals surface area contributed by atoms with Crippen molar-refractivity contribution in [1.82, 2.24) is 5.32 Å². The summed E-state index contributed by atoms with van der Waals surface area (Å²) >= 11 is 0. The number of carbonyl (C=O) groups is 2. The molecular weight excluding hydrogens is 1110 g/mol. The van der Waals surface area contributed by atoms with E-state index in [4.69, 9.17) is 14.2 Å². The van der Waals surface area contributed by atoms with Crippen molar-refractivity contribution in [2.45, 2.75) is 359 Å². The van der Waals surface area contributed by atoms with Crippen molar-refractivity contribution in [2.24, 2.45) is 0 Å². The van der Waals surface area contributed by atoms with Gasteiger partial charge in [-0.3, -0.25) is 9.59 Å². The molecule has 0 saturated carbocycles. The van der Waals surface area contributed by atoms with Crippen LogP contribution in [0.15, 0.2) is 109 Å². The highest BCUT2D eigenvalue weighted by Crippen LogP contribution is 2.26. The maximum Gasteiger partial charge on any atom is 0.306 e. The number of hydrogen-bond acceptors (Lipinski definition) is 10. The topological polar surface area (TPSA) is 175 Å². The maximum atomic E-state index is 13.5. The number of allylic oxidation sites excluding steroid dienone is 17. The molecule has 1 fully saturated rings. The maximum absolute atomic E-state index is 13.5. The molecule has 1 saturated heterocycles. The van der Waals surface area contributed by atoms with Crippen LogP contribution in [-0.2, 0) is 23.8 Å². The predicted molar refractivity (Wildman–Crippen MR) is 375 cm³/mol. The normalized spacial score (nSPS) is 18.8.